The Hall–Kier alpha value is -1.22. The van der Waals surface area contributed by atoms with Gasteiger partial charge < -0.3 is 24.8 Å². The van der Waals surface area contributed by atoms with Gasteiger partial charge >= 0.3 is 0 Å². The van der Waals surface area contributed by atoms with Crippen molar-refractivity contribution in [2.45, 2.75) is 31.1 Å². The Morgan fingerprint density at radius 2 is 1.88 bits per heavy atom. The van der Waals surface area contributed by atoms with Crippen molar-refractivity contribution in [3.63, 3.8) is 0 Å². The highest BCUT2D eigenvalue weighted by atomic mass is 16.6. The normalized spacial score (nSPS) is 29.4. The van der Waals surface area contributed by atoms with E-state index in [0.29, 0.717) is 45.7 Å². The van der Waals surface area contributed by atoms with Gasteiger partial charge in [-0.1, -0.05) is 0 Å². The van der Waals surface area contributed by atoms with Gasteiger partial charge in [0, 0.05) is 27.2 Å². The molecule has 2 aliphatic rings. The zero-order valence-corrected chi connectivity index (χ0v) is 14.8. The summed E-state index contributed by atoms with van der Waals surface area (Å²) in [6.07, 6.45) is 1.03. The molecule has 0 saturated carbocycles. The number of carbonyl (C=O) groups is 2. The van der Waals surface area contributed by atoms with Crippen LogP contribution in [-0.2, 0) is 23.8 Å². The Morgan fingerprint density at radius 3 is 2.42 bits per heavy atom. The summed E-state index contributed by atoms with van der Waals surface area (Å²) in [5, 5.41) is 0. The quantitative estimate of drug-likeness (QED) is 0.670. The number of amides is 2. The van der Waals surface area contributed by atoms with Crippen molar-refractivity contribution >= 4 is 11.8 Å². The van der Waals surface area contributed by atoms with Gasteiger partial charge in [0.2, 0.25) is 11.8 Å². The highest BCUT2D eigenvalue weighted by Crippen LogP contribution is 2.20. The second kappa shape index (κ2) is 8.75. The van der Waals surface area contributed by atoms with Crippen LogP contribution in [0.5, 0.6) is 0 Å². The predicted octanol–water partition coefficient (Wildman–Crippen LogP) is -0.929. The van der Waals surface area contributed by atoms with E-state index < -0.39 is 0 Å². The van der Waals surface area contributed by atoms with Crippen LogP contribution in [0.3, 0.4) is 0 Å². The third-order valence-electron chi connectivity index (χ3n) is 5.13. The average Bonchev–Trinajstić information content (AvgIpc) is 2.60. The third-order valence-corrected chi connectivity index (χ3v) is 5.13. The highest BCUT2D eigenvalue weighted by Gasteiger charge is 2.38. The van der Waals surface area contributed by atoms with Crippen molar-refractivity contribution < 1.29 is 23.8 Å². The van der Waals surface area contributed by atoms with Crippen molar-refractivity contribution in [1.29, 1.82) is 0 Å². The number of primary amides is 1. The van der Waals surface area contributed by atoms with E-state index in [1.165, 1.54) is 0 Å². The first-order chi connectivity index (χ1) is 11.5. The zero-order valence-electron chi connectivity index (χ0n) is 14.8. The zero-order chi connectivity index (χ0) is 17.7. The molecule has 138 valence electrons. The number of methoxy groups -OCH3 is 2. The number of rotatable bonds is 6. The van der Waals surface area contributed by atoms with Crippen molar-refractivity contribution in [2.75, 3.05) is 54.1 Å². The molecule has 8 heteroatoms. The van der Waals surface area contributed by atoms with E-state index in [2.05, 4.69) is 4.90 Å². The monoisotopic (exact) mass is 343 g/mol. The Kier molecular flexibility index (Phi) is 6.97. The van der Waals surface area contributed by atoms with Crippen molar-refractivity contribution in [1.82, 2.24) is 9.80 Å². The number of piperidine rings is 1. The summed E-state index contributed by atoms with van der Waals surface area (Å²) in [6.45, 7) is 2.65. The molecule has 2 saturated heterocycles. The lowest BCUT2D eigenvalue weighted by Gasteiger charge is -2.41. The van der Waals surface area contributed by atoms with Gasteiger partial charge in [-0.15, -0.1) is 0 Å². The van der Waals surface area contributed by atoms with Crippen LogP contribution in [0.4, 0.5) is 0 Å². The molecule has 0 unspecified atom stereocenters. The van der Waals surface area contributed by atoms with Crippen LogP contribution < -0.4 is 5.73 Å². The molecule has 0 aromatic carbocycles. The van der Waals surface area contributed by atoms with Gasteiger partial charge in [0.15, 0.2) is 0 Å². The number of likely N-dealkylation sites (N-methyl/N-ethyl adjacent to an activating group) is 1. The van der Waals surface area contributed by atoms with Crippen molar-refractivity contribution in [3.05, 3.63) is 0 Å². The van der Waals surface area contributed by atoms with Gasteiger partial charge in [-0.25, -0.2) is 0 Å². The number of nitrogens with zero attached hydrogens (tertiary/aromatic N) is 2. The van der Waals surface area contributed by atoms with E-state index in [1.807, 2.05) is 0 Å². The molecule has 2 rings (SSSR count). The Labute approximate surface area is 143 Å². The molecule has 2 N–H and O–H groups in total. The second-order valence-corrected chi connectivity index (χ2v) is 6.54. The molecular weight excluding hydrogens is 314 g/mol. The third kappa shape index (κ3) is 4.44. The van der Waals surface area contributed by atoms with E-state index in [9.17, 15) is 9.59 Å². The summed E-state index contributed by atoms with van der Waals surface area (Å²) >= 11 is 0. The van der Waals surface area contributed by atoms with Gasteiger partial charge in [-0.2, -0.15) is 0 Å². The molecule has 2 aliphatic heterocycles. The first kappa shape index (κ1) is 19.1. The molecule has 24 heavy (non-hydrogen) atoms. The van der Waals surface area contributed by atoms with Crippen LogP contribution in [0.25, 0.3) is 0 Å². The fourth-order valence-electron chi connectivity index (χ4n) is 3.45. The van der Waals surface area contributed by atoms with Gasteiger partial charge in [0.05, 0.1) is 25.8 Å². The first-order valence-electron chi connectivity index (χ1n) is 8.38. The van der Waals surface area contributed by atoms with Gasteiger partial charge in [0.1, 0.15) is 12.2 Å². The van der Waals surface area contributed by atoms with Crippen LogP contribution in [-0.4, -0.2) is 94.0 Å². The molecule has 0 aliphatic carbocycles. The van der Waals surface area contributed by atoms with Crippen LogP contribution in [0.15, 0.2) is 0 Å². The summed E-state index contributed by atoms with van der Waals surface area (Å²) < 4.78 is 16.5. The smallest absolute Gasteiger partial charge is 0.236 e. The van der Waals surface area contributed by atoms with Crippen molar-refractivity contribution in [3.8, 4) is 0 Å². The lowest BCUT2D eigenvalue weighted by Crippen LogP contribution is -2.58. The Bertz CT molecular complexity index is 439. The minimum atomic E-state index is -0.244. The fourth-order valence-corrected chi connectivity index (χ4v) is 3.45. The van der Waals surface area contributed by atoms with Crippen LogP contribution in [0, 0.1) is 5.92 Å². The molecule has 8 nitrogen and oxygen atoms in total. The number of likely N-dealkylation sites (tertiary alicyclic amines) is 1. The van der Waals surface area contributed by atoms with Gasteiger partial charge in [-0.3, -0.25) is 14.5 Å². The van der Waals surface area contributed by atoms with E-state index in [1.54, 1.807) is 26.2 Å². The SMILES string of the molecule is CO[C@H]1[C@H](N(C)C(=O)CN2CCC(C(N)=O)CC2)COC[C@H]1OC. The summed E-state index contributed by atoms with van der Waals surface area (Å²) in [5.41, 5.74) is 5.34. The van der Waals surface area contributed by atoms with Crippen LogP contribution >= 0.6 is 0 Å². The van der Waals surface area contributed by atoms with E-state index >= 15 is 0 Å². The first-order valence-corrected chi connectivity index (χ1v) is 8.38. The molecular formula is C16H29N3O5. The number of ether oxygens (including phenoxy) is 3. The molecule has 2 heterocycles. The number of hydrogen-bond acceptors (Lipinski definition) is 6. The largest absolute Gasteiger partial charge is 0.376 e. The fraction of sp³-hybridized carbons (Fsp3) is 0.875. The molecule has 2 fully saturated rings. The Balaban J connectivity index is 1.88. The summed E-state index contributed by atoms with van der Waals surface area (Å²) in [5.74, 6) is -0.299. The molecule has 2 amide bonds. The highest BCUT2D eigenvalue weighted by molar-refractivity contribution is 5.79. The summed E-state index contributed by atoms with van der Waals surface area (Å²) in [7, 11) is 5.02. The van der Waals surface area contributed by atoms with Gasteiger partial charge in [-0.05, 0) is 25.9 Å². The van der Waals surface area contributed by atoms with Crippen molar-refractivity contribution in [2.24, 2.45) is 11.7 Å². The predicted molar refractivity (Wildman–Crippen MR) is 87.3 cm³/mol. The second-order valence-electron chi connectivity index (χ2n) is 6.54. The molecule has 3 atom stereocenters. The maximum absolute atomic E-state index is 12.6. The summed E-state index contributed by atoms with van der Waals surface area (Å²) in [4.78, 5) is 27.6. The number of hydrogen-bond donors (Lipinski definition) is 1. The molecule has 0 aromatic heterocycles. The summed E-state index contributed by atoms with van der Waals surface area (Å²) in [6, 6.07) is -0.177. The minimum absolute atomic E-state index is 0.0138. The van der Waals surface area contributed by atoms with Gasteiger partial charge in [0.25, 0.3) is 0 Å². The molecule has 0 aromatic rings. The standard InChI is InChI=1S/C16H29N3O5/c1-18(12-9-24-10-13(22-2)15(12)23-3)14(20)8-19-6-4-11(5-7-19)16(17)21/h11-13,15H,4-10H2,1-3H3,(H2,17,21)/t12-,13-,15+/m1/s1. The maximum atomic E-state index is 12.6. The Morgan fingerprint density at radius 1 is 1.21 bits per heavy atom. The lowest BCUT2D eigenvalue weighted by molar-refractivity contribution is -0.165. The minimum Gasteiger partial charge on any atom is -0.376 e. The van der Waals surface area contributed by atoms with Crippen LogP contribution in [0.1, 0.15) is 12.8 Å². The van der Waals surface area contributed by atoms with E-state index in [4.69, 9.17) is 19.9 Å². The molecule has 0 radical (unpaired) electrons. The number of carbonyl (C=O) groups excluding carboxylic acids is 2. The lowest BCUT2D eigenvalue weighted by atomic mass is 9.96. The van der Waals surface area contributed by atoms with Crippen LogP contribution in [0.2, 0.25) is 0 Å². The average molecular weight is 343 g/mol. The molecule has 0 spiro atoms. The topological polar surface area (TPSA) is 94.3 Å². The van der Waals surface area contributed by atoms with E-state index in [0.717, 1.165) is 0 Å². The maximum Gasteiger partial charge on any atom is 0.236 e. The number of nitrogens with two attached hydrogens (primary N) is 1. The van der Waals surface area contributed by atoms with E-state index in [-0.39, 0.29) is 36.0 Å². The molecule has 0 bridgehead atoms.